The van der Waals surface area contributed by atoms with Gasteiger partial charge in [0, 0.05) is 55.3 Å². The van der Waals surface area contributed by atoms with E-state index in [1.807, 2.05) is 25.3 Å². The number of benzene rings is 1. The number of allylic oxidation sites excluding steroid dienone is 2. The fourth-order valence-corrected chi connectivity index (χ4v) is 10.8. The highest BCUT2D eigenvalue weighted by molar-refractivity contribution is 5.96. The second kappa shape index (κ2) is 16.5. The number of amides is 1. The number of aryl methyl sites for hydroxylation is 1. The maximum atomic E-state index is 13.7. The maximum Gasteiger partial charge on any atom is 0.226 e. The number of aliphatic hydroxyl groups is 5. The van der Waals surface area contributed by atoms with E-state index in [1.165, 1.54) is 6.07 Å². The molecule has 8 atom stereocenters. The number of fused-ring (bicyclic) bond motifs is 4. The van der Waals surface area contributed by atoms with Crippen molar-refractivity contribution in [1.82, 2.24) is 10.2 Å². The smallest absolute Gasteiger partial charge is 0.226 e. The SMILES string of the molecule is CCC1C2=CC=NC2=CN1c1c2c(cc3c(=O)cc(C)oc13)C[C@@H](OOC[C@H](O)[C@](O)(CN1CC=C3N=CC=C31)[C@H](O)[C@H](O)CO)[C@@](C)(CC[C@@H]1CNC(=O)C13CCCCC3)O2. The molecule has 6 N–H and O–H groups in total. The van der Waals surface area contributed by atoms with Gasteiger partial charge >= 0.3 is 0 Å². The Hall–Kier alpha value is -4.68. The minimum absolute atomic E-state index is 0.0599. The molecule has 62 heavy (non-hydrogen) atoms. The average molecular weight is 856 g/mol. The van der Waals surface area contributed by atoms with Gasteiger partial charge in [-0.15, -0.1) is 0 Å². The second-order valence-corrected chi connectivity index (χ2v) is 18.2. The van der Waals surface area contributed by atoms with Crippen molar-refractivity contribution < 1.29 is 49.3 Å². The maximum absolute atomic E-state index is 13.7. The standard InChI is InChI=1S/C46H57N5O11/c1-4-33-29-9-15-48-32(29)22-51(33)39-40-27(19-30-35(53)18-26(2)60-41(30)39)20-38(44(3,61-40)14-8-28-21-49-43(57)45(28)12-6-5-7-13-45)62-59-24-37(55)46(58,42(56)36(54)23-52)25-50-17-11-31-34(50)10-16-47-31/h9-11,15-16,18-19,22,28,33,36-38,42,52,54-56,58H,4-8,12-14,17,20-21,23-25H2,1-3H3,(H,49,57)/t28-,33?,36-,37+,38-,42-,44-,46-/m1/s1. The van der Waals surface area contributed by atoms with Crippen LogP contribution in [0.4, 0.5) is 5.69 Å². The van der Waals surface area contributed by atoms with Crippen LogP contribution in [0.5, 0.6) is 5.75 Å². The summed E-state index contributed by atoms with van der Waals surface area (Å²) in [5.41, 5.74) is 0.755. The summed E-state index contributed by atoms with van der Waals surface area (Å²) in [4.78, 5) is 51.9. The van der Waals surface area contributed by atoms with Crippen LogP contribution in [0.1, 0.15) is 76.5 Å². The summed E-state index contributed by atoms with van der Waals surface area (Å²) in [6.07, 6.45) is 11.3. The van der Waals surface area contributed by atoms with Crippen molar-refractivity contribution in [3.63, 3.8) is 0 Å². The summed E-state index contributed by atoms with van der Waals surface area (Å²) < 4.78 is 13.6. The Morgan fingerprint density at radius 2 is 1.85 bits per heavy atom. The molecule has 7 heterocycles. The zero-order valence-electron chi connectivity index (χ0n) is 35.5. The van der Waals surface area contributed by atoms with Gasteiger partial charge in [0.15, 0.2) is 16.8 Å². The number of aliphatic imine (C=N–C) groups is 2. The number of hydrogen-bond acceptors (Lipinski definition) is 15. The summed E-state index contributed by atoms with van der Waals surface area (Å²) in [6.45, 7) is 4.84. The van der Waals surface area contributed by atoms with Gasteiger partial charge in [-0.1, -0.05) is 26.2 Å². The minimum atomic E-state index is -2.40. The first-order chi connectivity index (χ1) is 29.8. The Labute approximate surface area is 359 Å². The Morgan fingerprint density at radius 3 is 2.63 bits per heavy atom. The largest absolute Gasteiger partial charge is 0.482 e. The molecule has 332 valence electrons. The number of nitrogens with one attached hydrogen (secondary N) is 1. The highest BCUT2D eigenvalue weighted by Gasteiger charge is 2.53. The lowest BCUT2D eigenvalue weighted by Gasteiger charge is -2.45. The first-order valence-corrected chi connectivity index (χ1v) is 22.0. The summed E-state index contributed by atoms with van der Waals surface area (Å²) in [7, 11) is 0. The molecule has 9 rings (SSSR count). The van der Waals surface area contributed by atoms with Crippen molar-refractivity contribution in [2.75, 3.05) is 37.7 Å². The van der Waals surface area contributed by atoms with Crippen molar-refractivity contribution in [1.29, 1.82) is 0 Å². The molecule has 2 aromatic rings. The summed E-state index contributed by atoms with van der Waals surface area (Å²) in [5, 5.41) is 58.5. The fourth-order valence-electron chi connectivity index (χ4n) is 10.8. The molecular formula is C46H57N5O11. The molecule has 16 heteroatoms. The van der Waals surface area contributed by atoms with Crippen molar-refractivity contribution >= 4 is 35.0 Å². The first kappa shape index (κ1) is 42.6. The third-order valence-electron chi connectivity index (χ3n) is 14.5. The van der Waals surface area contributed by atoms with Crippen LogP contribution in [-0.4, -0.2) is 123 Å². The van der Waals surface area contributed by atoms with Crippen molar-refractivity contribution in [3.05, 3.63) is 80.8 Å². The fraction of sp³-hybridized carbons (Fsp3) is 0.565. The Kier molecular flexibility index (Phi) is 11.3. The van der Waals surface area contributed by atoms with Crippen molar-refractivity contribution in [3.8, 4) is 5.75 Å². The first-order valence-electron chi connectivity index (χ1n) is 22.0. The quantitative estimate of drug-likeness (QED) is 0.112. The van der Waals surface area contributed by atoms with Gasteiger partial charge in [0.1, 0.15) is 53.7 Å². The van der Waals surface area contributed by atoms with Crippen LogP contribution in [0.2, 0.25) is 0 Å². The molecule has 1 unspecified atom stereocenters. The highest BCUT2D eigenvalue weighted by Crippen LogP contribution is 2.52. The van der Waals surface area contributed by atoms with Crippen LogP contribution < -0.4 is 20.4 Å². The van der Waals surface area contributed by atoms with Crippen molar-refractivity contribution in [2.45, 2.75) is 120 Å². The highest BCUT2D eigenvalue weighted by atomic mass is 17.2. The molecule has 0 radical (unpaired) electrons. The number of carbonyl (C=O) groups excluding carboxylic acids is 1. The normalized spacial score (nSPS) is 28.2. The van der Waals surface area contributed by atoms with Crippen LogP contribution in [0.3, 0.4) is 0 Å². The predicted molar refractivity (Wildman–Crippen MR) is 230 cm³/mol. The number of carbonyl (C=O) groups is 1. The molecule has 1 aliphatic carbocycles. The molecule has 7 aliphatic rings. The molecule has 2 fully saturated rings. The second-order valence-electron chi connectivity index (χ2n) is 18.2. The molecule has 0 bridgehead atoms. The molecule has 1 spiro atoms. The van der Waals surface area contributed by atoms with E-state index < -0.39 is 54.2 Å². The van der Waals surface area contributed by atoms with Gasteiger partial charge in [-0.2, -0.15) is 0 Å². The van der Waals surface area contributed by atoms with Gasteiger partial charge in [-0.25, -0.2) is 9.78 Å². The van der Waals surface area contributed by atoms with E-state index in [2.05, 4.69) is 27.1 Å². The van der Waals surface area contributed by atoms with Crippen LogP contribution in [-0.2, 0) is 21.0 Å². The number of anilines is 1. The third-order valence-corrected chi connectivity index (χ3v) is 14.5. The Bertz CT molecular complexity index is 2360. The summed E-state index contributed by atoms with van der Waals surface area (Å²) in [6, 6.07) is 3.12. The number of ether oxygens (including phenoxy) is 1. The van der Waals surface area contributed by atoms with Gasteiger partial charge in [0.25, 0.3) is 0 Å². The molecule has 1 amide bonds. The molecule has 1 saturated heterocycles. The third kappa shape index (κ3) is 7.13. The lowest BCUT2D eigenvalue weighted by atomic mass is 9.65. The molecule has 1 aromatic carbocycles. The van der Waals surface area contributed by atoms with Gasteiger partial charge in [-0.3, -0.25) is 19.6 Å². The van der Waals surface area contributed by atoms with Crippen LogP contribution in [0.15, 0.2) is 78.4 Å². The Morgan fingerprint density at radius 1 is 1.08 bits per heavy atom. The zero-order valence-corrected chi connectivity index (χ0v) is 35.5. The van der Waals surface area contributed by atoms with Gasteiger partial charge in [0.05, 0.1) is 47.1 Å². The molecule has 1 aromatic heterocycles. The lowest BCUT2D eigenvalue weighted by molar-refractivity contribution is -0.365. The van der Waals surface area contributed by atoms with Crippen molar-refractivity contribution in [2.24, 2.45) is 21.3 Å². The molecule has 16 nitrogen and oxygen atoms in total. The zero-order chi connectivity index (χ0) is 43.6. The average Bonchev–Trinajstić information content (AvgIpc) is 4.10. The van der Waals surface area contributed by atoms with E-state index in [0.29, 0.717) is 71.1 Å². The van der Waals surface area contributed by atoms with Gasteiger partial charge < -0.3 is 49.8 Å². The topological polar surface area (TPSA) is 219 Å². The molecular weight excluding hydrogens is 799 g/mol. The van der Waals surface area contributed by atoms with Gasteiger partial charge in [-0.05, 0) is 76.2 Å². The lowest BCUT2D eigenvalue weighted by Crippen LogP contribution is -2.63. The van der Waals surface area contributed by atoms with E-state index in [1.54, 1.807) is 36.4 Å². The van der Waals surface area contributed by atoms with E-state index in [9.17, 15) is 35.1 Å². The Balaban J connectivity index is 1.05. The number of hydrogen-bond donors (Lipinski definition) is 6. The van der Waals surface area contributed by atoms with E-state index in [-0.39, 0.29) is 36.3 Å². The van der Waals surface area contributed by atoms with Crippen LogP contribution in [0, 0.1) is 18.3 Å². The van der Waals surface area contributed by atoms with Gasteiger partial charge in [0.2, 0.25) is 5.91 Å². The van der Waals surface area contributed by atoms with Crippen LogP contribution in [0.25, 0.3) is 11.0 Å². The van der Waals surface area contributed by atoms with Crippen LogP contribution >= 0.6 is 0 Å². The summed E-state index contributed by atoms with van der Waals surface area (Å²) >= 11 is 0. The number of nitrogens with zero attached hydrogens (tertiary/aromatic N) is 4. The number of aliphatic hydroxyl groups excluding tert-OH is 4. The van der Waals surface area contributed by atoms with E-state index in [4.69, 9.17) is 18.9 Å². The van der Waals surface area contributed by atoms with E-state index >= 15 is 0 Å². The monoisotopic (exact) mass is 855 g/mol. The molecule has 1 saturated carbocycles. The number of rotatable bonds is 15. The minimum Gasteiger partial charge on any atom is -0.482 e. The van der Waals surface area contributed by atoms with E-state index in [0.717, 1.165) is 49.8 Å². The summed E-state index contributed by atoms with van der Waals surface area (Å²) in [5.74, 6) is 1.15. The molecule has 6 aliphatic heterocycles. The predicted octanol–water partition coefficient (Wildman–Crippen LogP) is 3.01. The number of β-amino-alcohol motifs (C(OH)–C–C–N with tert-alkyl or cyclic N) is 1.